The SMILES string of the molecule is COC(=O)CCN(C)S(=O)(=O)N1CCCC2CCCC21. The molecule has 0 aromatic carbocycles. The number of carbonyl (C=O) groups excluding carboxylic acids is 1. The average molecular weight is 304 g/mol. The van der Waals surface area contributed by atoms with E-state index in [1.54, 1.807) is 4.31 Å². The van der Waals surface area contributed by atoms with Gasteiger partial charge in [0.15, 0.2) is 0 Å². The maximum atomic E-state index is 12.6. The van der Waals surface area contributed by atoms with Crippen molar-refractivity contribution in [3.8, 4) is 0 Å². The number of fused-ring (bicyclic) bond motifs is 1. The standard InChI is InChI=1S/C13H24N2O4S/c1-14(10-8-13(16)19-2)20(17,18)15-9-4-6-11-5-3-7-12(11)15/h11-12H,3-10H2,1-2H3. The zero-order valence-corrected chi connectivity index (χ0v) is 13.1. The minimum Gasteiger partial charge on any atom is -0.469 e. The van der Waals surface area contributed by atoms with Gasteiger partial charge in [-0.05, 0) is 31.6 Å². The van der Waals surface area contributed by atoms with E-state index in [4.69, 9.17) is 0 Å². The number of hydrogen-bond acceptors (Lipinski definition) is 4. The summed E-state index contributed by atoms with van der Waals surface area (Å²) in [6.07, 6.45) is 5.40. The fraction of sp³-hybridized carbons (Fsp3) is 0.923. The number of esters is 1. The lowest BCUT2D eigenvalue weighted by molar-refractivity contribution is -0.140. The summed E-state index contributed by atoms with van der Waals surface area (Å²) in [5.41, 5.74) is 0. The van der Waals surface area contributed by atoms with Crippen molar-refractivity contribution in [3.05, 3.63) is 0 Å². The van der Waals surface area contributed by atoms with E-state index in [0.717, 1.165) is 32.1 Å². The number of methoxy groups -OCH3 is 1. The van der Waals surface area contributed by atoms with Gasteiger partial charge in [0.1, 0.15) is 0 Å². The van der Waals surface area contributed by atoms with Crippen LogP contribution in [0.15, 0.2) is 0 Å². The molecule has 0 N–H and O–H groups in total. The van der Waals surface area contributed by atoms with Crippen molar-refractivity contribution >= 4 is 16.2 Å². The van der Waals surface area contributed by atoms with Crippen LogP contribution in [0.25, 0.3) is 0 Å². The summed E-state index contributed by atoms with van der Waals surface area (Å²) in [4.78, 5) is 11.1. The Kier molecular flexibility index (Phi) is 5.04. The lowest BCUT2D eigenvalue weighted by atomic mass is 9.94. The molecule has 116 valence electrons. The molecule has 0 amide bonds. The highest BCUT2D eigenvalue weighted by molar-refractivity contribution is 7.86. The monoisotopic (exact) mass is 304 g/mol. The molecule has 0 aromatic rings. The van der Waals surface area contributed by atoms with Crippen molar-refractivity contribution in [1.29, 1.82) is 0 Å². The van der Waals surface area contributed by atoms with E-state index in [2.05, 4.69) is 4.74 Å². The van der Waals surface area contributed by atoms with Crippen molar-refractivity contribution in [2.75, 3.05) is 27.2 Å². The van der Waals surface area contributed by atoms with Crippen molar-refractivity contribution in [2.24, 2.45) is 5.92 Å². The molecule has 0 spiro atoms. The molecular formula is C13H24N2O4S. The van der Waals surface area contributed by atoms with Crippen LogP contribution in [0, 0.1) is 5.92 Å². The molecule has 2 fully saturated rings. The van der Waals surface area contributed by atoms with Crippen LogP contribution in [0.5, 0.6) is 0 Å². The van der Waals surface area contributed by atoms with Gasteiger partial charge >= 0.3 is 5.97 Å². The number of ether oxygens (including phenoxy) is 1. The van der Waals surface area contributed by atoms with Gasteiger partial charge in [-0.2, -0.15) is 17.0 Å². The number of hydrogen-bond donors (Lipinski definition) is 0. The summed E-state index contributed by atoms with van der Waals surface area (Å²) in [7, 11) is -0.613. The van der Waals surface area contributed by atoms with Crippen LogP contribution in [0.4, 0.5) is 0 Å². The third kappa shape index (κ3) is 3.15. The summed E-state index contributed by atoms with van der Waals surface area (Å²) in [6, 6.07) is 0.161. The van der Waals surface area contributed by atoms with Crippen molar-refractivity contribution < 1.29 is 17.9 Å². The molecule has 7 heteroatoms. The molecule has 1 saturated carbocycles. The minimum atomic E-state index is -3.46. The van der Waals surface area contributed by atoms with Crippen molar-refractivity contribution in [3.63, 3.8) is 0 Å². The molecule has 2 atom stereocenters. The van der Waals surface area contributed by atoms with Gasteiger partial charge in [0.2, 0.25) is 0 Å². The molecule has 0 aromatic heterocycles. The molecule has 20 heavy (non-hydrogen) atoms. The second-order valence-corrected chi connectivity index (χ2v) is 7.65. The first-order valence-corrected chi connectivity index (χ1v) is 8.66. The fourth-order valence-electron chi connectivity index (χ4n) is 3.34. The Morgan fingerprint density at radius 1 is 1.30 bits per heavy atom. The molecule has 2 aliphatic rings. The van der Waals surface area contributed by atoms with Crippen LogP contribution in [-0.4, -0.2) is 56.3 Å². The highest BCUT2D eigenvalue weighted by atomic mass is 32.2. The predicted molar refractivity (Wildman–Crippen MR) is 75.3 cm³/mol. The van der Waals surface area contributed by atoms with Crippen LogP contribution in [0.3, 0.4) is 0 Å². The van der Waals surface area contributed by atoms with Gasteiger partial charge in [-0.3, -0.25) is 4.79 Å². The van der Waals surface area contributed by atoms with Crippen LogP contribution in [-0.2, 0) is 19.7 Å². The predicted octanol–water partition coefficient (Wildman–Crippen LogP) is 0.991. The molecule has 1 aliphatic heterocycles. The first-order valence-electron chi connectivity index (χ1n) is 7.26. The van der Waals surface area contributed by atoms with Gasteiger partial charge < -0.3 is 4.74 Å². The Hall–Kier alpha value is -0.660. The molecule has 2 unspecified atom stereocenters. The molecule has 0 bridgehead atoms. The Balaban J connectivity index is 2.03. The molecule has 1 heterocycles. The summed E-state index contributed by atoms with van der Waals surface area (Å²) < 4.78 is 32.8. The van der Waals surface area contributed by atoms with E-state index in [1.165, 1.54) is 18.5 Å². The normalized spacial score (nSPS) is 27.6. The average Bonchev–Trinajstić information content (AvgIpc) is 2.92. The molecule has 1 saturated heterocycles. The third-order valence-corrected chi connectivity index (χ3v) is 6.51. The maximum Gasteiger partial charge on any atom is 0.306 e. The summed E-state index contributed by atoms with van der Waals surface area (Å²) >= 11 is 0. The maximum absolute atomic E-state index is 12.6. The molecule has 0 radical (unpaired) electrons. The van der Waals surface area contributed by atoms with Crippen LogP contribution < -0.4 is 0 Å². The molecule has 1 aliphatic carbocycles. The first-order chi connectivity index (χ1) is 9.46. The van der Waals surface area contributed by atoms with Gasteiger partial charge in [-0.1, -0.05) is 6.42 Å². The van der Waals surface area contributed by atoms with E-state index in [0.29, 0.717) is 12.5 Å². The van der Waals surface area contributed by atoms with Gasteiger partial charge in [0, 0.05) is 26.2 Å². The van der Waals surface area contributed by atoms with Gasteiger partial charge in [-0.25, -0.2) is 0 Å². The molecule has 2 rings (SSSR count). The van der Waals surface area contributed by atoms with Crippen LogP contribution in [0.1, 0.15) is 38.5 Å². The zero-order chi connectivity index (χ0) is 14.8. The lowest BCUT2D eigenvalue weighted by Crippen LogP contribution is -2.51. The summed E-state index contributed by atoms with van der Waals surface area (Å²) in [5, 5.41) is 0. The Labute approximate surface area is 121 Å². The summed E-state index contributed by atoms with van der Waals surface area (Å²) in [5.74, 6) is 0.136. The second kappa shape index (κ2) is 6.41. The number of rotatable bonds is 5. The Morgan fingerprint density at radius 2 is 2.00 bits per heavy atom. The number of carbonyl (C=O) groups is 1. The van der Waals surface area contributed by atoms with E-state index >= 15 is 0 Å². The Morgan fingerprint density at radius 3 is 2.70 bits per heavy atom. The van der Waals surface area contributed by atoms with Crippen molar-refractivity contribution in [1.82, 2.24) is 8.61 Å². The van der Waals surface area contributed by atoms with Gasteiger partial charge in [0.05, 0.1) is 13.5 Å². The first kappa shape index (κ1) is 15.7. The van der Waals surface area contributed by atoms with Gasteiger partial charge in [-0.15, -0.1) is 0 Å². The molecule has 6 nitrogen and oxygen atoms in total. The fourth-order valence-corrected chi connectivity index (χ4v) is 5.00. The van der Waals surface area contributed by atoms with E-state index in [9.17, 15) is 13.2 Å². The quantitative estimate of drug-likeness (QED) is 0.710. The second-order valence-electron chi connectivity index (χ2n) is 5.67. The van der Waals surface area contributed by atoms with E-state index < -0.39 is 10.2 Å². The minimum absolute atomic E-state index is 0.0914. The highest BCUT2D eigenvalue weighted by Gasteiger charge is 2.42. The smallest absolute Gasteiger partial charge is 0.306 e. The zero-order valence-electron chi connectivity index (χ0n) is 12.2. The lowest BCUT2D eigenvalue weighted by Gasteiger charge is -2.38. The third-order valence-electron chi connectivity index (χ3n) is 4.49. The van der Waals surface area contributed by atoms with Gasteiger partial charge in [0.25, 0.3) is 10.2 Å². The van der Waals surface area contributed by atoms with Crippen molar-refractivity contribution in [2.45, 2.75) is 44.6 Å². The topological polar surface area (TPSA) is 66.9 Å². The largest absolute Gasteiger partial charge is 0.469 e. The van der Waals surface area contributed by atoms with E-state index in [1.807, 2.05) is 0 Å². The highest BCUT2D eigenvalue weighted by Crippen LogP contribution is 2.38. The van der Waals surface area contributed by atoms with E-state index in [-0.39, 0.29) is 25.0 Å². The summed E-state index contributed by atoms with van der Waals surface area (Å²) in [6.45, 7) is 0.773. The number of piperidine rings is 1. The Bertz CT molecular complexity index is 451. The van der Waals surface area contributed by atoms with Crippen LogP contribution >= 0.6 is 0 Å². The number of nitrogens with zero attached hydrogens (tertiary/aromatic N) is 2. The van der Waals surface area contributed by atoms with Crippen LogP contribution in [0.2, 0.25) is 0 Å². The molecular weight excluding hydrogens is 280 g/mol.